The zero-order chi connectivity index (χ0) is 13.9. The van der Waals surface area contributed by atoms with Gasteiger partial charge in [-0.1, -0.05) is 19.4 Å². The van der Waals surface area contributed by atoms with Crippen LogP contribution in [0.15, 0.2) is 18.3 Å². The second-order valence-corrected chi connectivity index (χ2v) is 5.56. The molecule has 104 valence electrons. The fraction of sp³-hybridized carbons (Fsp3) is 0.600. The molecular weight excluding hydrogens is 238 g/mol. The molecule has 1 fully saturated rings. The summed E-state index contributed by atoms with van der Waals surface area (Å²) in [6.45, 7) is 4.56. The third kappa shape index (κ3) is 2.78. The standard InChI is InChI=1S/C15H23N3O/c1-3-11-6-5-9-17-12(11)10-18-14(19)15(2)8-4-7-13(15)16/h5-6,9,13H,3-4,7-8,10,16H2,1-2H3,(H,18,19). The van der Waals surface area contributed by atoms with Crippen LogP contribution in [0.2, 0.25) is 0 Å². The van der Waals surface area contributed by atoms with Gasteiger partial charge in [-0.3, -0.25) is 9.78 Å². The van der Waals surface area contributed by atoms with Gasteiger partial charge in [0.25, 0.3) is 0 Å². The molecule has 0 spiro atoms. The Hall–Kier alpha value is -1.42. The molecule has 0 aliphatic heterocycles. The van der Waals surface area contributed by atoms with Crippen molar-refractivity contribution in [2.75, 3.05) is 0 Å². The van der Waals surface area contributed by atoms with Crippen LogP contribution in [0.4, 0.5) is 0 Å². The summed E-state index contributed by atoms with van der Waals surface area (Å²) in [4.78, 5) is 16.7. The summed E-state index contributed by atoms with van der Waals surface area (Å²) >= 11 is 0. The minimum absolute atomic E-state index is 0.0260. The molecule has 1 heterocycles. The number of nitrogens with one attached hydrogen (secondary N) is 1. The molecule has 4 nitrogen and oxygen atoms in total. The molecule has 0 radical (unpaired) electrons. The van der Waals surface area contributed by atoms with Crippen LogP contribution in [0.25, 0.3) is 0 Å². The molecule has 1 aliphatic rings. The molecule has 0 bridgehead atoms. The quantitative estimate of drug-likeness (QED) is 0.868. The first-order valence-corrected chi connectivity index (χ1v) is 7.04. The maximum atomic E-state index is 12.3. The largest absolute Gasteiger partial charge is 0.350 e. The van der Waals surface area contributed by atoms with Gasteiger partial charge in [0.05, 0.1) is 17.7 Å². The van der Waals surface area contributed by atoms with Crippen molar-refractivity contribution >= 4 is 5.91 Å². The zero-order valence-electron chi connectivity index (χ0n) is 11.8. The van der Waals surface area contributed by atoms with E-state index in [1.807, 2.05) is 13.0 Å². The van der Waals surface area contributed by atoms with Gasteiger partial charge in [0, 0.05) is 12.2 Å². The van der Waals surface area contributed by atoms with Gasteiger partial charge in [-0.15, -0.1) is 0 Å². The van der Waals surface area contributed by atoms with Crippen LogP contribution in [-0.2, 0) is 17.8 Å². The number of amides is 1. The number of aromatic nitrogens is 1. The molecule has 4 heteroatoms. The molecule has 2 unspecified atom stereocenters. The van der Waals surface area contributed by atoms with Crippen molar-refractivity contribution in [3.05, 3.63) is 29.6 Å². The van der Waals surface area contributed by atoms with Crippen molar-refractivity contribution in [1.29, 1.82) is 0 Å². The van der Waals surface area contributed by atoms with Crippen LogP contribution < -0.4 is 11.1 Å². The first kappa shape index (κ1) is 14.0. The Morgan fingerprint density at radius 1 is 1.63 bits per heavy atom. The van der Waals surface area contributed by atoms with E-state index in [1.165, 1.54) is 5.56 Å². The van der Waals surface area contributed by atoms with Crippen LogP contribution in [0, 0.1) is 5.41 Å². The van der Waals surface area contributed by atoms with Crippen molar-refractivity contribution in [3.8, 4) is 0 Å². The van der Waals surface area contributed by atoms with E-state index in [0.29, 0.717) is 6.54 Å². The highest BCUT2D eigenvalue weighted by Gasteiger charge is 2.42. The molecule has 2 atom stereocenters. The van der Waals surface area contributed by atoms with Crippen LogP contribution in [0.5, 0.6) is 0 Å². The van der Waals surface area contributed by atoms with E-state index in [4.69, 9.17) is 5.73 Å². The minimum Gasteiger partial charge on any atom is -0.350 e. The fourth-order valence-electron chi connectivity index (χ4n) is 2.79. The van der Waals surface area contributed by atoms with E-state index in [2.05, 4.69) is 23.3 Å². The zero-order valence-corrected chi connectivity index (χ0v) is 11.8. The maximum Gasteiger partial charge on any atom is 0.227 e. The highest BCUT2D eigenvalue weighted by molar-refractivity contribution is 5.83. The monoisotopic (exact) mass is 261 g/mol. The van der Waals surface area contributed by atoms with Gasteiger partial charge >= 0.3 is 0 Å². The van der Waals surface area contributed by atoms with Gasteiger partial charge in [-0.25, -0.2) is 0 Å². The summed E-state index contributed by atoms with van der Waals surface area (Å²) in [6.07, 6.45) is 5.55. The third-order valence-corrected chi connectivity index (χ3v) is 4.33. The number of hydrogen-bond acceptors (Lipinski definition) is 3. The van der Waals surface area contributed by atoms with Crippen molar-refractivity contribution in [2.45, 2.75) is 52.1 Å². The topological polar surface area (TPSA) is 68.0 Å². The molecule has 1 aromatic rings. The molecule has 0 aromatic carbocycles. The number of aryl methyl sites for hydroxylation is 1. The number of nitrogens with two attached hydrogens (primary N) is 1. The van der Waals surface area contributed by atoms with Crippen LogP contribution in [0.3, 0.4) is 0 Å². The Balaban J connectivity index is 2.01. The summed E-state index contributed by atoms with van der Waals surface area (Å²) in [5.74, 6) is 0.0604. The molecule has 1 aromatic heterocycles. The highest BCUT2D eigenvalue weighted by atomic mass is 16.2. The Bertz CT molecular complexity index is 460. The SMILES string of the molecule is CCc1cccnc1CNC(=O)C1(C)CCCC1N. The number of hydrogen-bond donors (Lipinski definition) is 2. The normalized spacial score (nSPS) is 26.4. The van der Waals surface area contributed by atoms with Gasteiger partial charge in [0.15, 0.2) is 0 Å². The highest BCUT2D eigenvalue weighted by Crippen LogP contribution is 2.36. The number of carbonyl (C=O) groups is 1. The first-order valence-electron chi connectivity index (χ1n) is 7.04. The van der Waals surface area contributed by atoms with E-state index in [1.54, 1.807) is 6.20 Å². The van der Waals surface area contributed by atoms with Gasteiger partial charge < -0.3 is 11.1 Å². The second kappa shape index (κ2) is 5.70. The third-order valence-electron chi connectivity index (χ3n) is 4.33. The summed E-state index contributed by atoms with van der Waals surface area (Å²) in [5.41, 5.74) is 7.78. The van der Waals surface area contributed by atoms with E-state index in [0.717, 1.165) is 31.4 Å². The number of pyridine rings is 1. The van der Waals surface area contributed by atoms with E-state index in [-0.39, 0.29) is 11.9 Å². The lowest BCUT2D eigenvalue weighted by Crippen LogP contribution is -2.47. The van der Waals surface area contributed by atoms with E-state index < -0.39 is 5.41 Å². The molecule has 1 aliphatic carbocycles. The van der Waals surface area contributed by atoms with Gasteiger partial charge in [0.1, 0.15) is 0 Å². The smallest absolute Gasteiger partial charge is 0.227 e. The van der Waals surface area contributed by atoms with E-state index in [9.17, 15) is 4.79 Å². The van der Waals surface area contributed by atoms with Gasteiger partial charge in [-0.2, -0.15) is 0 Å². The summed E-state index contributed by atoms with van der Waals surface area (Å²) < 4.78 is 0. The van der Waals surface area contributed by atoms with Crippen molar-refractivity contribution in [3.63, 3.8) is 0 Å². The van der Waals surface area contributed by atoms with Crippen LogP contribution in [-0.4, -0.2) is 16.9 Å². The number of rotatable bonds is 4. The average Bonchev–Trinajstić information content (AvgIpc) is 2.77. The van der Waals surface area contributed by atoms with Gasteiger partial charge in [0.2, 0.25) is 5.91 Å². The fourth-order valence-corrected chi connectivity index (χ4v) is 2.79. The molecule has 0 saturated heterocycles. The predicted octanol–water partition coefficient (Wildman–Crippen LogP) is 1.78. The average molecular weight is 261 g/mol. The lowest BCUT2D eigenvalue weighted by Gasteiger charge is -2.27. The summed E-state index contributed by atoms with van der Waals surface area (Å²) in [5, 5.41) is 3.01. The molecule has 2 rings (SSSR count). The van der Waals surface area contributed by atoms with Crippen molar-refractivity contribution in [1.82, 2.24) is 10.3 Å². The Labute approximate surface area is 114 Å². The van der Waals surface area contributed by atoms with Crippen LogP contribution in [0.1, 0.15) is 44.4 Å². The predicted molar refractivity (Wildman–Crippen MR) is 75.4 cm³/mol. The summed E-state index contributed by atoms with van der Waals surface area (Å²) in [6, 6.07) is 3.96. The maximum absolute atomic E-state index is 12.3. The summed E-state index contributed by atoms with van der Waals surface area (Å²) in [7, 11) is 0. The molecule has 3 N–H and O–H groups in total. The Kier molecular flexibility index (Phi) is 4.20. The van der Waals surface area contributed by atoms with Crippen molar-refractivity contribution in [2.24, 2.45) is 11.1 Å². The second-order valence-electron chi connectivity index (χ2n) is 5.56. The van der Waals surface area contributed by atoms with Gasteiger partial charge in [-0.05, 0) is 37.8 Å². The lowest BCUT2D eigenvalue weighted by atomic mass is 9.84. The molecular formula is C15H23N3O. The first-order chi connectivity index (χ1) is 9.08. The molecule has 19 heavy (non-hydrogen) atoms. The minimum atomic E-state index is -0.416. The lowest BCUT2D eigenvalue weighted by molar-refractivity contribution is -0.130. The Morgan fingerprint density at radius 3 is 3.05 bits per heavy atom. The molecule has 1 amide bonds. The Morgan fingerprint density at radius 2 is 2.42 bits per heavy atom. The number of nitrogens with zero attached hydrogens (tertiary/aromatic N) is 1. The van der Waals surface area contributed by atoms with Crippen LogP contribution >= 0.6 is 0 Å². The van der Waals surface area contributed by atoms with E-state index >= 15 is 0 Å². The molecule has 1 saturated carbocycles. The van der Waals surface area contributed by atoms with Crippen molar-refractivity contribution < 1.29 is 4.79 Å². The number of carbonyl (C=O) groups excluding carboxylic acids is 1.